The first kappa shape index (κ1) is 11.1. The van der Waals surface area contributed by atoms with Crippen molar-refractivity contribution < 1.29 is 4.39 Å². The lowest BCUT2D eigenvalue weighted by Crippen LogP contribution is -1.96. The van der Waals surface area contributed by atoms with E-state index in [2.05, 4.69) is 22.6 Å². The fraction of sp³-hybridized carbons (Fsp3) is 0.273. The zero-order valence-electron chi connectivity index (χ0n) is 9.26. The summed E-state index contributed by atoms with van der Waals surface area (Å²) in [7, 11) is -0.0509. The predicted molar refractivity (Wildman–Crippen MR) is 65.9 cm³/mol. The summed E-state index contributed by atoms with van der Waals surface area (Å²) in [6, 6.07) is 6.33. The first-order chi connectivity index (χ1) is 7.65. The van der Waals surface area contributed by atoms with Gasteiger partial charge in [0.25, 0.3) is 0 Å². The smallest absolute Gasteiger partial charge is 0.159 e. The standard InChI is InChI=1S/C11H14FN3S/c1-16(2)7-11-13-8-15(14-11)10-5-3-4-9(12)6-10/h3-6,8,16H,7H2,1-2H3. The molecule has 2 aromatic rings. The number of nitrogens with zero attached hydrogens (tertiary/aromatic N) is 3. The third-order valence-electron chi connectivity index (χ3n) is 2.07. The third kappa shape index (κ3) is 2.61. The highest BCUT2D eigenvalue weighted by Crippen LogP contribution is 2.18. The van der Waals surface area contributed by atoms with Crippen LogP contribution < -0.4 is 0 Å². The van der Waals surface area contributed by atoms with Crippen molar-refractivity contribution in [1.29, 1.82) is 0 Å². The fourth-order valence-corrected chi connectivity index (χ4v) is 2.11. The second kappa shape index (κ2) is 4.65. The number of hydrogen-bond acceptors (Lipinski definition) is 2. The van der Waals surface area contributed by atoms with Crippen molar-refractivity contribution in [2.45, 2.75) is 5.75 Å². The maximum absolute atomic E-state index is 13.0. The van der Waals surface area contributed by atoms with Crippen molar-refractivity contribution in [3.63, 3.8) is 0 Å². The summed E-state index contributed by atoms with van der Waals surface area (Å²) >= 11 is 0. The Morgan fingerprint density at radius 1 is 1.38 bits per heavy atom. The molecule has 2 rings (SSSR count). The van der Waals surface area contributed by atoms with E-state index in [4.69, 9.17) is 0 Å². The Kier molecular flexibility index (Phi) is 3.24. The summed E-state index contributed by atoms with van der Waals surface area (Å²) in [5, 5.41) is 4.32. The van der Waals surface area contributed by atoms with Gasteiger partial charge in [0.15, 0.2) is 5.82 Å². The molecule has 0 amide bonds. The summed E-state index contributed by atoms with van der Waals surface area (Å²) in [6.45, 7) is 0. The van der Waals surface area contributed by atoms with Crippen LogP contribution in [0.25, 0.3) is 5.69 Å². The van der Waals surface area contributed by atoms with Crippen molar-refractivity contribution in [1.82, 2.24) is 14.8 Å². The predicted octanol–water partition coefficient (Wildman–Crippen LogP) is 2.17. The zero-order chi connectivity index (χ0) is 11.5. The molecule has 3 nitrogen and oxygen atoms in total. The molecule has 0 bridgehead atoms. The molecule has 0 aliphatic heterocycles. The van der Waals surface area contributed by atoms with E-state index in [1.807, 2.05) is 6.07 Å². The lowest BCUT2D eigenvalue weighted by Gasteiger charge is -2.04. The van der Waals surface area contributed by atoms with Crippen molar-refractivity contribution in [2.75, 3.05) is 12.5 Å². The molecule has 0 atom stereocenters. The van der Waals surface area contributed by atoms with Gasteiger partial charge in [0, 0.05) is 5.75 Å². The van der Waals surface area contributed by atoms with E-state index in [0.29, 0.717) is 5.69 Å². The Labute approximate surface area is 96.7 Å². The van der Waals surface area contributed by atoms with E-state index in [-0.39, 0.29) is 16.7 Å². The molecule has 0 aliphatic rings. The Bertz CT molecular complexity index is 482. The largest absolute Gasteiger partial charge is 0.252 e. The van der Waals surface area contributed by atoms with Gasteiger partial charge < -0.3 is 0 Å². The van der Waals surface area contributed by atoms with Gasteiger partial charge >= 0.3 is 0 Å². The number of rotatable bonds is 3. The third-order valence-corrected chi connectivity index (χ3v) is 2.98. The number of halogens is 1. The topological polar surface area (TPSA) is 30.7 Å². The lowest BCUT2D eigenvalue weighted by molar-refractivity contribution is 0.625. The van der Waals surface area contributed by atoms with Crippen molar-refractivity contribution >= 4 is 10.9 Å². The van der Waals surface area contributed by atoms with Crippen LogP contribution in [0, 0.1) is 5.82 Å². The van der Waals surface area contributed by atoms with Gasteiger partial charge in [-0.05, 0) is 30.7 Å². The highest BCUT2D eigenvalue weighted by Gasteiger charge is 2.04. The summed E-state index contributed by atoms with van der Waals surface area (Å²) in [5.41, 5.74) is 0.704. The van der Waals surface area contributed by atoms with E-state index in [0.717, 1.165) is 11.6 Å². The van der Waals surface area contributed by atoms with Crippen LogP contribution in [0.3, 0.4) is 0 Å². The molecule has 0 saturated heterocycles. The van der Waals surface area contributed by atoms with Gasteiger partial charge in [-0.3, -0.25) is 10.9 Å². The first-order valence-corrected chi connectivity index (χ1v) is 7.38. The summed E-state index contributed by atoms with van der Waals surface area (Å²) in [6.07, 6.45) is 5.99. The van der Waals surface area contributed by atoms with Crippen molar-refractivity contribution in [3.05, 3.63) is 42.2 Å². The van der Waals surface area contributed by atoms with Gasteiger partial charge in [-0.1, -0.05) is 6.07 Å². The second-order valence-electron chi connectivity index (χ2n) is 3.82. The fourth-order valence-electron chi connectivity index (χ4n) is 1.40. The lowest BCUT2D eigenvalue weighted by atomic mass is 10.3. The molecular weight excluding hydrogens is 225 g/mol. The molecule has 0 fully saturated rings. The van der Waals surface area contributed by atoms with E-state index >= 15 is 0 Å². The minimum Gasteiger partial charge on any atom is -0.252 e. The number of benzene rings is 1. The van der Waals surface area contributed by atoms with E-state index in [9.17, 15) is 4.39 Å². The van der Waals surface area contributed by atoms with Crippen LogP contribution in [0.15, 0.2) is 30.6 Å². The molecular formula is C11H14FN3S. The van der Waals surface area contributed by atoms with E-state index in [1.165, 1.54) is 12.1 Å². The summed E-state index contributed by atoms with van der Waals surface area (Å²) in [5.74, 6) is 1.46. The maximum Gasteiger partial charge on any atom is 0.159 e. The summed E-state index contributed by atoms with van der Waals surface area (Å²) < 4.78 is 14.6. The molecule has 0 aliphatic carbocycles. The van der Waals surface area contributed by atoms with Gasteiger partial charge in [0.1, 0.15) is 12.1 Å². The zero-order valence-corrected chi connectivity index (χ0v) is 10.2. The van der Waals surface area contributed by atoms with Crippen LogP contribution in [-0.4, -0.2) is 27.3 Å². The maximum atomic E-state index is 13.0. The number of thiol groups is 1. The Hall–Kier alpha value is -1.36. The van der Waals surface area contributed by atoms with Gasteiger partial charge in [-0.2, -0.15) is 5.10 Å². The molecule has 1 aromatic carbocycles. The van der Waals surface area contributed by atoms with Gasteiger partial charge in [0.05, 0.1) is 5.69 Å². The van der Waals surface area contributed by atoms with Crippen molar-refractivity contribution in [2.24, 2.45) is 0 Å². The van der Waals surface area contributed by atoms with E-state index in [1.54, 1.807) is 17.1 Å². The molecule has 0 N–H and O–H groups in total. The normalized spacial score (nSPS) is 11.6. The van der Waals surface area contributed by atoms with Gasteiger partial charge in [-0.15, -0.1) is 0 Å². The van der Waals surface area contributed by atoms with Gasteiger partial charge in [0.2, 0.25) is 0 Å². The second-order valence-corrected chi connectivity index (χ2v) is 6.30. The van der Waals surface area contributed by atoms with Gasteiger partial charge in [-0.25, -0.2) is 14.1 Å². The average Bonchev–Trinajstić information content (AvgIpc) is 2.65. The number of aromatic nitrogens is 3. The highest BCUT2D eigenvalue weighted by molar-refractivity contribution is 8.15. The average molecular weight is 239 g/mol. The molecule has 16 heavy (non-hydrogen) atoms. The minimum atomic E-state index is -0.261. The molecule has 0 saturated carbocycles. The quantitative estimate of drug-likeness (QED) is 0.832. The molecule has 1 heterocycles. The molecule has 86 valence electrons. The molecule has 0 unspecified atom stereocenters. The van der Waals surface area contributed by atoms with Crippen molar-refractivity contribution in [3.8, 4) is 5.69 Å². The first-order valence-electron chi connectivity index (χ1n) is 4.96. The van der Waals surface area contributed by atoms with Crippen LogP contribution in [0.5, 0.6) is 0 Å². The van der Waals surface area contributed by atoms with Crippen LogP contribution in [-0.2, 0) is 5.75 Å². The molecule has 1 aromatic heterocycles. The summed E-state index contributed by atoms with van der Waals surface area (Å²) in [4.78, 5) is 4.21. The minimum absolute atomic E-state index is 0.0509. The monoisotopic (exact) mass is 239 g/mol. The molecule has 5 heteroatoms. The van der Waals surface area contributed by atoms with E-state index < -0.39 is 0 Å². The Balaban J connectivity index is 2.24. The molecule has 0 spiro atoms. The van der Waals surface area contributed by atoms with Crippen LogP contribution in [0.1, 0.15) is 5.82 Å². The Morgan fingerprint density at radius 2 is 2.19 bits per heavy atom. The Morgan fingerprint density at radius 3 is 2.88 bits per heavy atom. The van der Waals surface area contributed by atoms with Crippen LogP contribution in [0.4, 0.5) is 4.39 Å². The van der Waals surface area contributed by atoms with Crippen LogP contribution in [0.2, 0.25) is 0 Å². The highest BCUT2D eigenvalue weighted by atomic mass is 32.2. The number of hydrogen-bond donors (Lipinski definition) is 1. The van der Waals surface area contributed by atoms with Crippen LogP contribution >= 0.6 is 10.9 Å². The molecule has 0 radical (unpaired) electrons. The SMILES string of the molecule is C[SH](C)Cc1ncn(-c2cccc(F)c2)n1.